The van der Waals surface area contributed by atoms with Gasteiger partial charge in [0.1, 0.15) is 18.4 Å². The summed E-state index contributed by atoms with van der Waals surface area (Å²) < 4.78 is 52.0. The van der Waals surface area contributed by atoms with Crippen LogP contribution in [0.5, 0.6) is 0 Å². The molecule has 50 heavy (non-hydrogen) atoms. The van der Waals surface area contributed by atoms with Crippen molar-refractivity contribution in [2.24, 2.45) is 0 Å². The number of anilines is 2. The minimum atomic E-state index is -4.61. The fraction of sp³-hybridized carbons (Fsp3) is 0.400. The van der Waals surface area contributed by atoms with E-state index in [-0.39, 0.29) is 79.5 Å². The number of nitrogens with one attached hydrogen (secondary N) is 2. The van der Waals surface area contributed by atoms with Gasteiger partial charge in [-0.2, -0.15) is 22.7 Å². The van der Waals surface area contributed by atoms with Crippen LogP contribution in [0.15, 0.2) is 39.9 Å². The molecule has 6 rings (SSSR count). The van der Waals surface area contributed by atoms with E-state index in [1.807, 2.05) is 6.08 Å². The maximum Gasteiger partial charge on any atom is 0.416 e. The Balaban J connectivity index is 1.28. The minimum absolute atomic E-state index is 0.0239. The van der Waals surface area contributed by atoms with Gasteiger partial charge in [-0.15, -0.1) is 5.10 Å². The molecule has 0 aliphatic carbocycles. The topological polar surface area (TPSA) is 182 Å². The maximum absolute atomic E-state index is 14.1. The van der Waals surface area contributed by atoms with Crippen molar-refractivity contribution in [3.05, 3.63) is 68.6 Å². The fourth-order valence-corrected chi connectivity index (χ4v) is 5.95. The van der Waals surface area contributed by atoms with Crippen LogP contribution in [0.2, 0.25) is 5.02 Å². The Morgan fingerprint density at radius 1 is 1.12 bits per heavy atom. The number of amides is 3. The maximum atomic E-state index is 14.1. The highest BCUT2D eigenvalue weighted by Crippen LogP contribution is 2.34. The summed E-state index contributed by atoms with van der Waals surface area (Å²) >= 11 is 6.10. The van der Waals surface area contributed by atoms with Crippen LogP contribution in [-0.2, 0) is 33.5 Å². The van der Waals surface area contributed by atoms with E-state index < -0.39 is 29.1 Å². The lowest BCUT2D eigenvalue weighted by Gasteiger charge is -2.36. The van der Waals surface area contributed by atoms with Crippen LogP contribution in [0, 0.1) is 0 Å². The van der Waals surface area contributed by atoms with Gasteiger partial charge in [-0.25, -0.2) is 4.63 Å². The van der Waals surface area contributed by atoms with Crippen molar-refractivity contribution in [3.8, 4) is 0 Å². The molecule has 16 nitrogen and oxygen atoms in total. The number of alkyl halides is 3. The van der Waals surface area contributed by atoms with Gasteiger partial charge in [-0.1, -0.05) is 29.8 Å². The number of piperazine rings is 1. The quantitative estimate of drug-likeness (QED) is 0.258. The van der Waals surface area contributed by atoms with Crippen LogP contribution in [0.25, 0.3) is 11.4 Å². The van der Waals surface area contributed by atoms with Crippen LogP contribution < -0.4 is 21.1 Å². The fourth-order valence-electron chi connectivity index (χ4n) is 5.72. The molecule has 2 aliphatic rings. The zero-order valence-corrected chi connectivity index (χ0v) is 27.3. The van der Waals surface area contributed by atoms with E-state index in [0.717, 1.165) is 34.5 Å². The van der Waals surface area contributed by atoms with Gasteiger partial charge in [0.2, 0.25) is 17.6 Å². The Labute approximate surface area is 285 Å². The summed E-state index contributed by atoms with van der Waals surface area (Å²) in [7, 11) is 0. The summed E-state index contributed by atoms with van der Waals surface area (Å²) in [6.07, 6.45) is -0.876. The lowest BCUT2D eigenvalue weighted by molar-refractivity contribution is -0.137. The Kier molecular flexibility index (Phi) is 9.87. The SMILES string of the molecule is CCc1c(N2CCN(C(=O)CNC(=O)c3cnon3)CC2)c(=O)n2nc(C3=CCOCC3)nc2n1CC(=O)Nc1ccc(C(F)(F)F)cc1Cl. The molecular weight excluding hydrogens is 689 g/mol. The van der Waals surface area contributed by atoms with Crippen LogP contribution >= 0.6 is 11.6 Å². The van der Waals surface area contributed by atoms with E-state index in [4.69, 9.17) is 16.3 Å². The van der Waals surface area contributed by atoms with Gasteiger partial charge in [0, 0.05) is 26.2 Å². The van der Waals surface area contributed by atoms with E-state index in [9.17, 15) is 32.3 Å². The number of hydrogen-bond donors (Lipinski definition) is 2. The minimum Gasteiger partial charge on any atom is -0.377 e. The number of halogens is 4. The van der Waals surface area contributed by atoms with Crippen molar-refractivity contribution < 1.29 is 36.9 Å². The predicted molar refractivity (Wildman–Crippen MR) is 171 cm³/mol. The zero-order valence-electron chi connectivity index (χ0n) is 26.5. The molecule has 20 heteroatoms. The Bertz CT molecular complexity index is 2020. The van der Waals surface area contributed by atoms with Crippen molar-refractivity contribution in [2.45, 2.75) is 32.5 Å². The van der Waals surface area contributed by atoms with Gasteiger partial charge < -0.3 is 29.7 Å². The monoisotopic (exact) mass is 718 g/mol. The predicted octanol–water partition coefficient (Wildman–Crippen LogP) is 2.03. The van der Waals surface area contributed by atoms with Crippen LogP contribution in [0.4, 0.5) is 24.5 Å². The molecule has 3 aromatic heterocycles. The van der Waals surface area contributed by atoms with Crippen LogP contribution in [0.1, 0.15) is 40.9 Å². The highest BCUT2D eigenvalue weighted by atomic mass is 35.5. The van der Waals surface area contributed by atoms with Crippen LogP contribution in [-0.4, -0.2) is 98.0 Å². The molecule has 0 saturated carbocycles. The van der Waals surface area contributed by atoms with Gasteiger partial charge in [0.05, 0.1) is 41.7 Å². The average molecular weight is 719 g/mol. The third kappa shape index (κ3) is 7.18. The molecule has 3 amide bonds. The van der Waals surface area contributed by atoms with Gasteiger partial charge in [-0.05, 0) is 41.8 Å². The van der Waals surface area contributed by atoms with Crippen molar-refractivity contribution in [3.63, 3.8) is 0 Å². The van der Waals surface area contributed by atoms with E-state index in [2.05, 4.69) is 35.7 Å². The molecule has 0 bridgehead atoms. The second kappa shape index (κ2) is 14.3. The van der Waals surface area contributed by atoms with E-state index in [0.29, 0.717) is 31.2 Å². The molecule has 2 aliphatic heterocycles. The van der Waals surface area contributed by atoms with Gasteiger partial charge >= 0.3 is 6.18 Å². The Morgan fingerprint density at radius 2 is 1.90 bits per heavy atom. The molecule has 4 aromatic rings. The number of rotatable bonds is 9. The number of benzene rings is 1. The lowest BCUT2D eigenvalue weighted by atomic mass is 10.1. The molecule has 264 valence electrons. The summed E-state index contributed by atoms with van der Waals surface area (Å²) in [6, 6.07) is 2.61. The molecule has 0 radical (unpaired) electrons. The number of carbonyl (C=O) groups is 3. The highest BCUT2D eigenvalue weighted by molar-refractivity contribution is 6.33. The third-order valence-corrected chi connectivity index (χ3v) is 8.54. The highest BCUT2D eigenvalue weighted by Gasteiger charge is 2.32. The van der Waals surface area contributed by atoms with Gasteiger partial charge in [0.25, 0.3) is 11.5 Å². The normalized spacial score (nSPS) is 15.3. The van der Waals surface area contributed by atoms with Crippen molar-refractivity contribution in [1.29, 1.82) is 0 Å². The van der Waals surface area contributed by atoms with E-state index in [1.165, 1.54) is 0 Å². The average Bonchev–Trinajstić information content (AvgIpc) is 3.81. The smallest absolute Gasteiger partial charge is 0.377 e. The summed E-state index contributed by atoms with van der Waals surface area (Å²) in [5, 5.41) is 16.0. The summed E-state index contributed by atoms with van der Waals surface area (Å²) in [6.45, 7) is 2.88. The molecule has 1 saturated heterocycles. The first-order chi connectivity index (χ1) is 23.9. The van der Waals surface area contributed by atoms with Gasteiger partial charge in [0.15, 0.2) is 11.5 Å². The molecule has 1 fully saturated rings. The number of ether oxygens (including phenoxy) is 1. The molecule has 0 unspecified atom stereocenters. The van der Waals surface area contributed by atoms with E-state index >= 15 is 0 Å². The summed E-state index contributed by atoms with van der Waals surface area (Å²) in [5.41, 5.74) is -0.0359. The number of hydrogen-bond acceptors (Lipinski definition) is 11. The Morgan fingerprint density at radius 3 is 2.54 bits per heavy atom. The number of aromatic nitrogens is 6. The number of fused-ring (bicyclic) bond motifs is 1. The second-order valence-corrected chi connectivity index (χ2v) is 11.7. The largest absolute Gasteiger partial charge is 0.416 e. The third-order valence-electron chi connectivity index (χ3n) is 8.23. The van der Waals surface area contributed by atoms with Gasteiger partial charge in [-0.3, -0.25) is 19.2 Å². The molecular formula is C30H30ClF3N10O6. The Hall–Kier alpha value is -5.30. The van der Waals surface area contributed by atoms with Crippen molar-refractivity contribution in [1.82, 2.24) is 39.7 Å². The first-order valence-electron chi connectivity index (χ1n) is 15.5. The zero-order chi connectivity index (χ0) is 35.6. The lowest BCUT2D eigenvalue weighted by Crippen LogP contribution is -2.52. The standard InChI is InChI=1S/C30H30ClF3N10O6/c1-2-22-25(42-9-7-41(8-10-42)24(46)15-35-27(47)21-14-36-50-40-21)28(48)44-29(38-26(39-44)17-5-11-49-12-6-17)43(22)16-23(45)37-20-4-3-18(13-19(20)31)30(32,33)34/h3-5,13-14H,2,6-12,15-16H2,1H3,(H,35,47)(H,37,45). The molecule has 5 heterocycles. The van der Waals surface area contributed by atoms with E-state index in [1.54, 1.807) is 21.3 Å². The number of carbonyl (C=O) groups excluding carboxylic acids is 3. The summed E-state index contributed by atoms with van der Waals surface area (Å²) in [5.74, 6) is -1.20. The summed E-state index contributed by atoms with van der Waals surface area (Å²) in [4.78, 5) is 60.5. The van der Waals surface area contributed by atoms with Crippen molar-refractivity contribution >= 4 is 52.0 Å². The first-order valence-corrected chi connectivity index (χ1v) is 15.9. The van der Waals surface area contributed by atoms with Crippen LogP contribution in [0.3, 0.4) is 0 Å². The molecule has 2 N–H and O–H groups in total. The molecule has 1 aromatic carbocycles. The number of nitrogens with zero attached hydrogens (tertiary/aromatic N) is 8. The molecule has 0 atom stereocenters. The first kappa shape index (κ1) is 34.6. The van der Waals surface area contributed by atoms with Crippen molar-refractivity contribution in [2.75, 3.05) is 56.2 Å². The molecule has 0 spiro atoms. The second-order valence-electron chi connectivity index (χ2n) is 11.3.